The Morgan fingerprint density at radius 3 is 3.15 bits per heavy atom. The first kappa shape index (κ1) is 8.12. The number of rotatable bonds is 2. The van der Waals surface area contributed by atoms with Crippen LogP contribution in [0.5, 0.6) is 0 Å². The molecule has 0 bridgehead atoms. The van der Waals surface area contributed by atoms with Gasteiger partial charge in [0.2, 0.25) is 0 Å². The first-order chi connectivity index (χ1) is 6.40. The molecular formula is C8H11N5. The molecule has 1 aromatic heterocycles. The van der Waals surface area contributed by atoms with Gasteiger partial charge in [0.05, 0.1) is 6.67 Å². The summed E-state index contributed by atoms with van der Waals surface area (Å²) in [6, 6.07) is 5.52. The zero-order valence-corrected chi connectivity index (χ0v) is 7.20. The molecule has 68 valence electrons. The largest absolute Gasteiger partial charge is 0.342 e. The molecule has 0 aliphatic carbocycles. The van der Waals surface area contributed by atoms with Crippen molar-refractivity contribution >= 4 is 11.6 Å². The Morgan fingerprint density at radius 1 is 1.54 bits per heavy atom. The fourth-order valence-electron chi connectivity index (χ4n) is 1.35. The Balaban J connectivity index is 2.23. The van der Waals surface area contributed by atoms with Crippen LogP contribution in [0.15, 0.2) is 23.3 Å². The molecule has 0 aromatic carbocycles. The van der Waals surface area contributed by atoms with E-state index in [9.17, 15) is 0 Å². The normalized spacial score (nSPS) is 16.2. The average molecular weight is 177 g/mol. The van der Waals surface area contributed by atoms with Crippen LogP contribution in [-0.4, -0.2) is 24.7 Å². The van der Waals surface area contributed by atoms with E-state index in [0.717, 1.165) is 25.6 Å². The summed E-state index contributed by atoms with van der Waals surface area (Å²) >= 11 is 0. The molecule has 5 nitrogen and oxygen atoms in total. The third-order valence-electron chi connectivity index (χ3n) is 2.02. The highest BCUT2D eigenvalue weighted by Crippen LogP contribution is 2.16. The van der Waals surface area contributed by atoms with Gasteiger partial charge >= 0.3 is 0 Å². The molecular weight excluding hydrogens is 166 g/mol. The molecule has 2 N–H and O–H groups in total. The molecule has 0 unspecified atom stereocenters. The van der Waals surface area contributed by atoms with Crippen molar-refractivity contribution in [2.24, 2.45) is 5.11 Å². The fraction of sp³-hybridized carbons (Fsp3) is 0.375. The SMILES string of the molecule is N=Nc1cccc(N2CCNC2)n1. The van der Waals surface area contributed by atoms with Crippen molar-refractivity contribution in [2.75, 3.05) is 24.7 Å². The summed E-state index contributed by atoms with van der Waals surface area (Å²) in [5.41, 5.74) is 6.84. The third-order valence-corrected chi connectivity index (χ3v) is 2.02. The number of anilines is 1. The number of nitrogens with zero attached hydrogens (tertiary/aromatic N) is 3. The molecule has 1 aliphatic rings. The van der Waals surface area contributed by atoms with Gasteiger partial charge in [-0.2, -0.15) is 0 Å². The summed E-state index contributed by atoms with van der Waals surface area (Å²) in [6.45, 7) is 2.78. The molecule has 1 aliphatic heterocycles. The quantitative estimate of drug-likeness (QED) is 0.665. The van der Waals surface area contributed by atoms with E-state index in [0.29, 0.717) is 5.82 Å². The predicted molar refractivity (Wildman–Crippen MR) is 49.3 cm³/mol. The van der Waals surface area contributed by atoms with Crippen LogP contribution in [-0.2, 0) is 0 Å². The van der Waals surface area contributed by atoms with E-state index in [2.05, 4.69) is 20.3 Å². The predicted octanol–water partition coefficient (Wildman–Crippen LogP) is 1.11. The maximum absolute atomic E-state index is 6.84. The highest BCUT2D eigenvalue weighted by Gasteiger charge is 2.12. The average Bonchev–Trinajstić information content (AvgIpc) is 2.71. The molecule has 5 heteroatoms. The van der Waals surface area contributed by atoms with Crippen molar-refractivity contribution in [3.8, 4) is 0 Å². The van der Waals surface area contributed by atoms with Gasteiger partial charge in [-0.3, -0.25) is 5.32 Å². The smallest absolute Gasteiger partial charge is 0.175 e. The van der Waals surface area contributed by atoms with Crippen molar-refractivity contribution in [2.45, 2.75) is 0 Å². The third kappa shape index (κ3) is 1.65. The van der Waals surface area contributed by atoms with Gasteiger partial charge in [0.25, 0.3) is 0 Å². The van der Waals surface area contributed by atoms with Crippen LogP contribution in [0.1, 0.15) is 0 Å². The van der Waals surface area contributed by atoms with E-state index < -0.39 is 0 Å². The molecule has 0 spiro atoms. The Bertz CT molecular complexity index is 305. The first-order valence-electron chi connectivity index (χ1n) is 4.20. The maximum Gasteiger partial charge on any atom is 0.175 e. The van der Waals surface area contributed by atoms with Crippen molar-refractivity contribution in [1.29, 1.82) is 5.53 Å². The van der Waals surface area contributed by atoms with Crippen LogP contribution in [0.25, 0.3) is 0 Å². The van der Waals surface area contributed by atoms with E-state index in [1.807, 2.05) is 12.1 Å². The standard InChI is InChI=1S/C8H11N5/c9-12-7-2-1-3-8(11-7)13-5-4-10-6-13/h1-3,9-10H,4-6H2. The van der Waals surface area contributed by atoms with Crippen molar-refractivity contribution < 1.29 is 0 Å². The van der Waals surface area contributed by atoms with E-state index in [1.54, 1.807) is 6.07 Å². The summed E-state index contributed by atoms with van der Waals surface area (Å²) in [5.74, 6) is 1.35. The second-order valence-electron chi connectivity index (χ2n) is 2.89. The lowest BCUT2D eigenvalue weighted by atomic mass is 10.4. The number of aromatic nitrogens is 1. The maximum atomic E-state index is 6.84. The van der Waals surface area contributed by atoms with Crippen LogP contribution in [0.2, 0.25) is 0 Å². The lowest BCUT2D eigenvalue weighted by Crippen LogP contribution is -2.21. The summed E-state index contributed by atoms with van der Waals surface area (Å²) in [4.78, 5) is 6.32. The van der Waals surface area contributed by atoms with E-state index >= 15 is 0 Å². The highest BCUT2D eigenvalue weighted by molar-refractivity contribution is 5.44. The Kier molecular flexibility index (Phi) is 2.18. The lowest BCUT2D eigenvalue weighted by molar-refractivity contribution is 0.848. The monoisotopic (exact) mass is 177 g/mol. The molecule has 0 saturated carbocycles. The zero-order chi connectivity index (χ0) is 9.10. The molecule has 2 heterocycles. The molecule has 1 fully saturated rings. The summed E-state index contributed by atoms with van der Waals surface area (Å²) in [6.07, 6.45) is 0. The van der Waals surface area contributed by atoms with E-state index in [4.69, 9.17) is 5.53 Å². The van der Waals surface area contributed by atoms with Gasteiger partial charge in [0, 0.05) is 13.1 Å². The number of nitrogens with one attached hydrogen (secondary N) is 2. The van der Waals surface area contributed by atoms with Crippen LogP contribution >= 0.6 is 0 Å². The number of hydrogen-bond donors (Lipinski definition) is 2. The van der Waals surface area contributed by atoms with Crippen LogP contribution < -0.4 is 10.2 Å². The number of hydrogen-bond acceptors (Lipinski definition) is 5. The van der Waals surface area contributed by atoms with Crippen LogP contribution in [0, 0.1) is 5.53 Å². The van der Waals surface area contributed by atoms with Crippen LogP contribution in [0.4, 0.5) is 11.6 Å². The molecule has 13 heavy (non-hydrogen) atoms. The summed E-state index contributed by atoms with van der Waals surface area (Å²) in [5, 5.41) is 6.51. The molecule has 1 saturated heterocycles. The zero-order valence-electron chi connectivity index (χ0n) is 7.20. The van der Waals surface area contributed by atoms with Gasteiger partial charge < -0.3 is 4.90 Å². The number of pyridine rings is 1. The molecule has 1 aromatic rings. The Hall–Kier alpha value is -1.49. The minimum Gasteiger partial charge on any atom is -0.342 e. The Labute approximate surface area is 76.3 Å². The van der Waals surface area contributed by atoms with Crippen molar-refractivity contribution in [1.82, 2.24) is 10.3 Å². The van der Waals surface area contributed by atoms with Gasteiger partial charge in [0.15, 0.2) is 5.82 Å². The first-order valence-corrected chi connectivity index (χ1v) is 4.20. The lowest BCUT2D eigenvalue weighted by Gasteiger charge is -2.14. The molecule has 0 radical (unpaired) electrons. The second kappa shape index (κ2) is 3.49. The van der Waals surface area contributed by atoms with Gasteiger partial charge in [0.1, 0.15) is 5.82 Å². The molecule has 2 rings (SSSR count). The summed E-state index contributed by atoms with van der Waals surface area (Å²) in [7, 11) is 0. The molecule has 0 atom stereocenters. The summed E-state index contributed by atoms with van der Waals surface area (Å²) < 4.78 is 0. The van der Waals surface area contributed by atoms with Gasteiger partial charge in [-0.1, -0.05) is 6.07 Å². The minimum atomic E-state index is 0.462. The van der Waals surface area contributed by atoms with Gasteiger partial charge in [-0.05, 0) is 12.1 Å². The van der Waals surface area contributed by atoms with Crippen molar-refractivity contribution in [3.63, 3.8) is 0 Å². The molecule has 0 amide bonds. The van der Waals surface area contributed by atoms with Gasteiger partial charge in [-0.25, -0.2) is 10.5 Å². The highest BCUT2D eigenvalue weighted by atomic mass is 15.3. The van der Waals surface area contributed by atoms with E-state index in [1.165, 1.54) is 0 Å². The van der Waals surface area contributed by atoms with E-state index in [-0.39, 0.29) is 0 Å². The Morgan fingerprint density at radius 2 is 2.46 bits per heavy atom. The van der Waals surface area contributed by atoms with Gasteiger partial charge in [-0.15, -0.1) is 5.11 Å². The van der Waals surface area contributed by atoms with Crippen molar-refractivity contribution in [3.05, 3.63) is 18.2 Å². The topological polar surface area (TPSA) is 64.4 Å². The van der Waals surface area contributed by atoms with Crippen LogP contribution in [0.3, 0.4) is 0 Å². The fourth-order valence-corrected chi connectivity index (χ4v) is 1.35. The second-order valence-corrected chi connectivity index (χ2v) is 2.89. The minimum absolute atomic E-state index is 0.462.